The lowest BCUT2D eigenvalue weighted by atomic mass is 10.1. The van der Waals surface area contributed by atoms with Gasteiger partial charge in [0.2, 0.25) is 0 Å². The number of aryl methyl sites for hydroxylation is 1. The van der Waals surface area contributed by atoms with Crippen molar-refractivity contribution in [2.45, 2.75) is 51.6 Å². The van der Waals surface area contributed by atoms with E-state index in [-0.39, 0.29) is 18.9 Å². The van der Waals surface area contributed by atoms with Gasteiger partial charge in [-0.25, -0.2) is 0 Å². The second-order valence-electron chi connectivity index (χ2n) is 7.02. The Morgan fingerprint density at radius 1 is 1.27 bits per heavy atom. The fraction of sp³-hybridized carbons (Fsp3) is 0.429. The molecule has 0 fully saturated rings. The first kappa shape index (κ1) is 22.0. The first-order valence-corrected chi connectivity index (χ1v) is 11.6. The highest BCUT2D eigenvalue weighted by molar-refractivity contribution is 7.16. The smallest absolute Gasteiger partial charge is 0.308 e. The lowest BCUT2D eigenvalue weighted by molar-refractivity contribution is -0.153. The summed E-state index contributed by atoms with van der Waals surface area (Å²) in [5.74, 6) is -1.30. The molecule has 2 aromatic heterocycles. The molecule has 0 radical (unpaired) electrons. The molecule has 1 unspecified atom stereocenters. The van der Waals surface area contributed by atoms with E-state index in [9.17, 15) is 19.6 Å². The van der Waals surface area contributed by atoms with Gasteiger partial charge in [-0.2, -0.15) is 16.6 Å². The van der Waals surface area contributed by atoms with Gasteiger partial charge < -0.3 is 15.4 Å². The summed E-state index contributed by atoms with van der Waals surface area (Å²) in [7, 11) is 0. The molecular formula is C21H23N3O4S2. The molecule has 1 aliphatic rings. The molecule has 3 rings (SSSR count). The minimum Gasteiger partial charge on any atom is -0.452 e. The number of ether oxygens (including phenoxy) is 1. The number of carbonyl (C=O) groups excluding carboxylic acids is 3. The van der Waals surface area contributed by atoms with Crippen LogP contribution in [0.5, 0.6) is 0 Å². The number of esters is 1. The summed E-state index contributed by atoms with van der Waals surface area (Å²) in [4.78, 5) is 37.5. The van der Waals surface area contributed by atoms with E-state index in [4.69, 9.17) is 4.74 Å². The van der Waals surface area contributed by atoms with Crippen molar-refractivity contribution in [1.29, 1.82) is 5.26 Å². The van der Waals surface area contributed by atoms with Crippen molar-refractivity contribution >= 4 is 45.5 Å². The standard InChI is InChI=1S/C21H23N3O4S2/c1-13(28-18(25)7-9-23-20(27)14-8-10-29-12-14)19(26)24-21-16(11-22)15-5-3-2-4-6-17(15)30-21/h8,10,12-13H,2-7,9H2,1H3,(H,23,27)(H,24,26). The lowest BCUT2D eigenvalue weighted by Crippen LogP contribution is -2.32. The van der Waals surface area contributed by atoms with E-state index in [2.05, 4.69) is 16.7 Å². The van der Waals surface area contributed by atoms with Crippen LogP contribution in [-0.4, -0.2) is 30.4 Å². The number of nitrogens with one attached hydrogen (secondary N) is 2. The van der Waals surface area contributed by atoms with Gasteiger partial charge in [0, 0.05) is 22.4 Å². The predicted molar refractivity (Wildman–Crippen MR) is 116 cm³/mol. The second kappa shape index (κ2) is 10.4. The number of fused-ring (bicyclic) bond motifs is 1. The van der Waals surface area contributed by atoms with Gasteiger partial charge >= 0.3 is 5.97 Å². The third kappa shape index (κ3) is 5.46. The molecule has 2 aromatic rings. The maximum atomic E-state index is 12.5. The van der Waals surface area contributed by atoms with E-state index < -0.39 is 18.0 Å². The zero-order valence-electron chi connectivity index (χ0n) is 16.7. The van der Waals surface area contributed by atoms with Crippen LogP contribution in [0.1, 0.15) is 59.0 Å². The summed E-state index contributed by atoms with van der Waals surface area (Å²) in [5.41, 5.74) is 2.12. The Balaban J connectivity index is 1.49. The van der Waals surface area contributed by atoms with Crippen LogP contribution in [0.3, 0.4) is 0 Å². The van der Waals surface area contributed by atoms with Crippen molar-refractivity contribution in [3.8, 4) is 6.07 Å². The molecule has 2 N–H and O–H groups in total. The molecular weight excluding hydrogens is 422 g/mol. The van der Waals surface area contributed by atoms with Crippen LogP contribution in [0, 0.1) is 11.3 Å². The quantitative estimate of drug-likeness (QED) is 0.500. The summed E-state index contributed by atoms with van der Waals surface area (Å²) in [6, 6.07) is 3.91. The molecule has 1 atom stereocenters. The number of nitriles is 1. The van der Waals surface area contributed by atoms with Crippen molar-refractivity contribution < 1.29 is 19.1 Å². The number of rotatable bonds is 7. The molecule has 7 nitrogen and oxygen atoms in total. The normalized spacial score (nSPS) is 14.0. The maximum absolute atomic E-state index is 12.5. The van der Waals surface area contributed by atoms with Crippen molar-refractivity contribution in [3.05, 3.63) is 38.4 Å². The van der Waals surface area contributed by atoms with Crippen LogP contribution in [0.2, 0.25) is 0 Å². The summed E-state index contributed by atoms with van der Waals surface area (Å²) >= 11 is 2.85. The summed E-state index contributed by atoms with van der Waals surface area (Å²) in [5, 5.41) is 19.0. The number of thiophene rings is 2. The highest BCUT2D eigenvalue weighted by atomic mass is 32.1. The van der Waals surface area contributed by atoms with E-state index >= 15 is 0 Å². The van der Waals surface area contributed by atoms with Gasteiger partial charge in [0.25, 0.3) is 11.8 Å². The topological polar surface area (TPSA) is 108 Å². The van der Waals surface area contributed by atoms with Crippen LogP contribution in [0.25, 0.3) is 0 Å². The van der Waals surface area contributed by atoms with Gasteiger partial charge in [-0.3, -0.25) is 14.4 Å². The Morgan fingerprint density at radius 3 is 2.80 bits per heavy atom. The minimum absolute atomic E-state index is 0.0375. The number of amides is 2. The predicted octanol–water partition coefficient (Wildman–Crippen LogP) is 3.64. The largest absolute Gasteiger partial charge is 0.452 e. The Morgan fingerprint density at radius 2 is 2.07 bits per heavy atom. The number of hydrogen-bond donors (Lipinski definition) is 2. The molecule has 2 amide bonds. The molecule has 0 saturated carbocycles. The van der Waals surface area contributed by atoms with Crippen LogP contribution >= 0.6 is 22.7 Å². The number of nitrogens with zero attached hydrogens (tertiary/aromatic N) is 1. The highest BCUT2D eigenvalue weighted by Gasteiger charge is 2.24. The van der Waals surface area contributed by atoms with Crippen molar-refractivity contribution in [3.63, 3.8) is 0 Å². The number of anilines is 1. The highest BCUT2D eigenvalue weighted by Crippen LogP contribution is 2.37. The van der Waals surface area contributed by atoms with Crippen LogP contribution in [0.15, 0.2) is 16.8 Å². The van der Waals surface area contributed by atoms with E-state index in [0.717, 1.165) is 42.5 Å². The molecule has 0 spiro atoms. The van der Waals surface area contributed by atoms with Crippen LogP contribution in [-0.2, 0) is 27.2 Å². The molecule has 0 saturated heterocycles. The van der Waals surface area contributed by atoms with Gasteiger partial charge in [0.1, 0.15) is 11.1 Å². The summed E-state index contributed by atoms with van der Waals surface area (Å²) in [6.07, 6.45) is 4.02. The Kier molecular flexibility index (Phi) is 7.60. The molecule has 0 aromatic carbocycles. The number of hydrogen-bond acceptors (Lipinski definition) is 7. The van der Waals surface area contributed by atoms with Crippen molar-refractivity contribution in [2.75, 3.05) is 11.9 Å². The third-order valence-corrected chi connectivity index (χ3v) is 6.74. The lowest BCUT2D eigenvalue weighted by Gasteiger charge is -2.13. The fourth-order valence-electron chi connectivity index (χ4n) is 3.25. The third-order valence-electron chi connectivity index (χ3n) is 4.85. The van der Waals surface area contributed by atoms with Crippen LogP contribution < -0.4 is 10.6 Å². The van der Waals surface area contributed by atoms with Gasteiger partial charge in [-0.05, 0) is 49.6 Å². The van der Waals surface area contributed by atoms with E-state index in [0.29, 0.717) is 16.1 Å². The first-order chi connectivity index (χ1) is 14.5. The molecule has 30 heavy (non-hydrogen) atoms. The van der Waals surface area contributed by atoms with Gasteiger partial charge in [0.05, 0.1) is 12.0 Å². The van der Waals surface area contributed by atoms with Crippen molar-refractivity contribution in [1.82, 2.24) is 5.32 Å². The second-order valence-corrected chi connectivity index (χ2v) is 8.90. The maximum Gasteiger partial charge on any atom is 0.308 e. The zero-order chi connectivity index (χ0) is 21.5. The molecule has 0 bridgehead atoms. The number of carbonyl (C=O) groups is 3. The molecule has 158 valence electrons. The SMILES string of the molecule is CC(OC(=O)CCNC(=O)c1ccsc1)C(=O)Nc1sc2c(c1C#N)CCCCC2. The Labute approximate surface area is 183 Å². The Hall–Kier alpha value is -2.70. The molecule has 1 aliphatic carbocycles. The molecule has 2 heterocycles. The van der Waals surface area contributed by atoms with Gasteiger partial charge in [-0.15, -0.1) is 11.3 Å². The zero-order valence-corrected chi connectivity index (χ0v) is 18.3. The van der Waals surface area contributed by atoms with Crippen LogP contribution in [0.4, 0.5) is 5.00 Å². The van der Waals surface area contributed by atoms with E-state index in [1.165, 1.54) is 29.6 Å². The minimum atomic E-state index is -1.00. The van der Waals surface area contributed by atoms with Gasteiger partial charge in [-0.1, -0.05) is 6.42 Å². The monoisotopic (exact) mass is 445 g/mol. The average molecular weight is 446 g/mol. The summed E-state index contributed by atoms with van der Waals surface area (Å²) < 4.78 is 5.17. The average Bonchev–Trinajstić information content (AvgIpc) is 3.30. The first-order valence-electron chi connectivity index (χ1n) is 9.85. The fourth-order valence-corrected chi connectivity index (χ4v) is 5.12. The molecule has 9 heteroatoms. The van der Waals surface area contributed by atoms with Gasteiger partial charge in [0.15, 0.2) is 6.10 Å². The Bertz CT molecular complexity index is 960. The summed E-state index contributed by atoms with van der Waals surface area (Å²) in [6.45, 7) is 1.61. The van der Waals surface area contributed by atoms with E-state index in [1.54, 1.807) is 16.8 Å². The molecule has 0 aliphatic heterocycles. The van der Waals surface area contributed by atoms with E-state index in [1.807, 2.05) is 0 Å². The van der Waals surface area contributed by atoms with Crippen molar-refractivity contribution in [2.24, 2.45) is 0 Å².